The van der Waals surface area contributed by atoms with Gasteiger partial charge in [-0.05, 0) is 56.2 Å². The Kier molecular flexibility index (Phi) is 4.66. The van der Waals surface area contributed by atoms with E-state index in [1.54, 1.807) is 0 Å². The van der Waals surface area contributed by atoms with Crippen LogP contribution in [0.3, 0.4) is 0 Å². The summed E-state index contributed by atoms with van der Waals surface area (Å²) in [5.41, 5.74) is -7.26. The van der Waals surface area contributed by atoms with Crippen LogP contribution in [0.5, 0.6) is 5.75 Å². The zero-order valence-electron chi connectivity index (χ0n) is 26.2. The lowest BCUT2D eigenvalue weighted by Gasteiger charge is -2.33. The van der Waals surface area contributed by atoms with Gasteiger partial charge in [0.05, 0.1) is 18.2 Å². The van der Waals surface area contributed by atoms with E-state index in [2.05, 4.69) is 5.32 Å². The second-order valence-electron chi connectivity index (χ2n) is 7.52. The summed E-state index contributed by atoms with van der Waals surface area (Å²) in [4.78, 5) is 13.5. The maximum absolute atomic E-state index is 13.5. The summed E-state index contributed by atoms with van der Waals surface area (Å²) in [7, 11) is 0. The molecule has 0 aliphatic heterocycles. The first-order chi connectivity index (χ1) is 17.8. The van der Waals surface area contributed by atoms with Crippen molar-refractivity contribution in [2.45, 2.75) is 64.5 Å². The number of ether oxygens (including phenoxy) is 1. The van der Waals surface area contributed by atoms with Gasteiger partial charge in [0, 0.05) is 12.3 Å². The van der Waals surface area contributed by atoms with Gasteiger partial charge in [-0.25, -0.2) is 0 Å². The number of carbonyl (C=O) groups excluding carboxylic acids is 1. The van der Waals surface area contributed by atoms with Gasteiger partial charge in [0.2, 0.25) is 0 Å². The predicted molar refractivity (Wildman–Crippen MR) is 119 cm³/mol. The molecule has 3 N–H and O–H groups in total. The van der Waals surface area contributed by atoms with E-state index in [9.17, 15) is 15.0 Å². The lowest BCUT2D eigenvalue weighted by atomic mass is 9.89. The van der Waals surface area contributed by atoms with Crippen molar-refractivity contribution in [1.29, 1.82) is 0 Å². The molecule has 1 amide bonds. The first-order valence-electron chi connectivity index (χ1n) is 14.3. The minimum Gasteiger partial charge on any atom is -0.493 e. The fraction of sp³-hybridized carbons (Fsp3) is 0.480. The third-order valence-electron chi connectivity index (χ3n) is 4.74. The highest BCUT2D eigenvalue weighted by Crippen LogP contribution is 2.29. The summed E-state index contributed by atoms with van der Waals surface area (Å²) in [6.45, 7) is -6.06. The van der Waals surface area contributed by atoms with Crippen molar-refractivity contribution in [3.63, 3.8) is 0 Å². The fourth-order valence-corrected chi connectivity index (χ4v) is 3.05. The summed E-state index contributed by atoms with van der Waals surface area (Å²) in [5.74, 6) is -0.978. The quantitative estimate of drug-likeness (QED) is 0.532. The summed E-state index contributed by atoms with van der Waals surface area (Å²) >= 11 is 0. The first-order valence-corrected chi connectivity index (χ1v) is 9.84. The lowest BCUT2D eigenvalue weighted by molar-refractivity contribution is -0.141. The van der Waals surface area contributed by atoms with Crippen molar-refractivity contribution in [2.75, 3.05) is 6.61 Å². The highest BCUT2D eigenvalue weighted by Gasteiger charge is 2.37. The van der Waals surface area contributed by atoms with Gasteiger partial charge in [0.25, 0.3) is 5.91 Å². The van der Waals surface area contributed by atoms with Crippen molar-refractivity contribution in [1.82, 2.24) is 5.32 Å². The molecule has 0 aliphatic carbocycles. The maximum Gasteiger partial charge on any atom is 0.256 e. The lowest BCUT2D eigenvalue weighted by Crippen LogP contribution is -2.49. The van der Waals surface area contributed by atoms with Crippen molar-refractivity contribution >= 4 is 5.91 Å². The van der Waals surface area contributed by atoms with Crippen LogP contribution in [0.1, 0.15) is 76.8 Å². The molecular weight excluding hydrogens is 378 g/mol. The Bertz CT molecular complexity index is 1070. The molecule has 0 unspecified atom stereocenters. The molecule has 5 heteroatoms. The number of amides is 1. The Hall–Kier alpha value is -2.37. The van der Waals surface area contributed by atoms with Gasteiger partial charge in [-0.15, -0.1) is 0 Å². The van der Waals surface area contributed by atoms with Gasteiger partial charge in [0.1, 0.15) is 5.75 Å². The summed E-state index contributed by atoms with van der Waals surface area (Å²) < 4.78 is 76.6. The summed E-state index contributed by atoms with van der Waals surface area (Å²) in [6, 6.07) is 9.86. The molecule has 3 atom stereocenters. The van der Waals surface area contributed by atoms with E-state index in [0.717, 1.165) is 12.8 Å². The standard InChI is InChI=1S/C25H35NO4/c1-6-10-18(2)17-30-21-15-13-19(14-16-21)22(24(3,4)28)26-23(27)25(5,29)20-11-8-7-9-12-20/h7-9,11-16,18,22,28-29H,6,10,17H2,1-5H3,(H,26,27)/t18-,22+,25+/m0/s1/i3D3,4D3,5D3. The van der Waals surface area contributed by atoms with E-state index in [0.29, 0.717) is 12.4 Å². The molecule has 2 aromatic carbocycles. The summed E-state index contributed by atoms with van der Waals surface area (Å²) in [5, 5.41) is 24.6. The number of nitrogens with one attached hydrogen (secondary N) is 1. The molecular formula is C25H35NO4. The van der Waals surface area contributed by atoms with E-state index in [1.165, 1.54) is 54.6 Å². The third-order valence-corrected chi connectivity index (χ3v) is 4.74. The highest BCUT2D eigenvalue weighted by molar-refractivity contribution is 5.86. The molecule has 0 bridgehead atoms. The van der Waals surface area contributed by atoms with E-state index >= 15 is 0 Å². The SMILES string of the molecule is [2H]C([2H])([2H])C(O)([C@H](NC(=O)[C@](O)(c1ccccc1)C([2H])([2H])[2H])c1ccc(OC[C@@H](C)CCC)cc1)C([2H])([2H])[2H]. The average Bonchev–Trinajstić information content (AvgIpc) is 2.84. The number of rotatable bonds is 10. The molecule has 0 saturated heterocycles. The fourth-order valence-electron chi connectivity index (χ4n) is 3.05. The molecule has 0 saturated carbocycles. The smallest absolute Gasteiger partial charge is 0.256 e. The minimum absolute atomic E-state index is 0.159. The molecule has 0 aliphatic rings. The first kappa shape index (κ1) is 13.8. The molecule has 0 spiro atoms. The Morgan fingerprint density at radius 1 is 1.10 bits per heavy atom. The zero-order valence-corrected chi connectivity index (χ0v) is 17.2. The van der Waals surface area contributed by atoms with Gasteiger partial charge in [-0.1, -0.05) is 62.7 Å². The van der Waals surface area contributed by atoms with Crippen molar-refractivity contribution in [2.24, 2.45) is 5.92 Å². The van der Waals surface area contributed by atoms with Gasteiger partial charge < -0.3 is 20.3 Å². The van der Waals surface area contributed by atoms with Gasteiger partial charge >= 0.3 is 0 Å². The Morgan fingerprint density at radius 2 is 1.77 bits per heavy atom. The maximum atomic E-state index is 13.5. The van der Waals surface area contributed by atoms with E-state index < -0.39 is 43.7 Å². The van der Waals surface area contributed by atoms with Gasteiger partial charge in [-0.3, -0.25) is 4.79 Å². The second-order valence-corrected chi connectivity index (χ2v) is 7.52. The molecule has 2 aromatic rings. The minimum atomic E-state index is -3.58. The average molecular weight is 423 g/mol. The number of hydrogen-bond donors (Lipinski definition) is 3. The largest absolute Gasteiger partial charge is 0.493 e. The van der Waals surface area contributed by atoms with Crippen LogP contribution in [0, 0.1) is 5.92 Å². The Balaban J connectivity index is 2.62. The highest BCUT2D eigenvalue weighted by atomic mass is 16.5. The normalized spacial score (nSPS) is 21.4. The zero-order chi connectivity index (χ0) is 29.9. The monoisotopic (exact) mass is 422 g/mol. The molecule has 0 heterocycles. The second kappa shape index (κ2) is 10.1. The summed E-state index contributed by atoms with van der Waals surface area (Å²) in [6.07, 6.45) is 1.91. The number of hydrogen-bond acceptors (Lipinski definition) is 4. The van der Waals surface area contributed by atoms with Crippen LogP contribution in [0.4, 0.5) is 0 Å². The molecule has 0 radical (unpaired) electrons. The molecule has 30 heavy (non-hydrogen) atoms. The van der Waals surface area contributed by atoms with Crippen molar-refractivity contribution in [3.8, 4) is 5.75 Å². The van der Waals surface area contributed by atoms with Crippen LogP contribution in [-0.4, -0.2) is 28.3 Å². The van der Waals surface area contributed by atoms with Crippen LogP contribution < -0.4 is 10.1 Å². The molecule has 164 valence electrons. The Labute approximate surface area is 192 Å². The molecule has 0 fully saturated rings. The van der Waals surface area contributed by atoms with Crippen molar-refractivity contribution in [3.05, 3.63) is 65.7 Å². The number of benzene rings is 2. The van der Waals surface area contributed by atoms with Crippen LogP contribution in [0.25, 0.3) is 0 Å². The topological polar surface area (TPSA) is 78.8 Å². The van der Waals surface area contributed by atoms with Crippen LogP contribution in [0.2, 0.25) is 0 Å². The molecule has 0 aromatic heterocycles. The van der Waals surface area contributed by atoms with E-state index in [4.69, 9.17) is 17.1 Å². The molecule has 2 rings (SSSR count). The third kappa shape index (κ3) is 6.31. The van der Waals surface area contributed by atoms with E-state index in [1.807, 2.05) is 13.8 Å². The number of carbonyl (C=O) groups is 1. The van der Waals surface area contributed by atoms with Crippen LogP contribution >= 0.6 is 0 Å². The Morgan fingerprint density at radius 3 is 2.33 bits per heavy atom. The van der Waals surface area contributed by atoms with Crippen LogP contribution in [-0.2, 0) is 10.4 Å². The number of aliphatic hydroxyl groups is 2. The predicted octanol–water partition coefficient (Wildman–Crippen LogP) is 4.34. The van der Waals surface area contributed by atoms with Crippen LogP contribution in [0.15, 0.2) is 54.6 Å². The van der Waals surface area contributed by atoms with Crippen molar-refractivity contribution < 1.29 is 32.1 Å². The molecule has 5 nitrogen and oxygen atoms in total. The van der Waals surface area contributed by atoms with Gasteiger partial charge in [0.15, 0.2) is 5.60 Å². The van der Waals surface area contributed by atoms with Gasteiger partial charge in [-0.2, -0.15) is 0 Å². The van der Waals surface area contributed by atoms with E-state index in [-0.39, 0.29) is 17.0 Å².